The van der Waals surface area contributed by atoms with Gasteiger partial charge in [0, 0.05) is 11.9 Å². The number of carboxylic acid groups (broad SMARTS) is 1. The van der Waals surface area contributed by atoms with Crippen molar-refractivity contribution in [3.63, 3.8) is 0 Å². The van der Waals surface area contributed by atoms with Crippen molar-refractivity contribution in [2.45, 2.75) is 32.9 Å². The molecule has 1 rings (SSSR count). The Labute approximate surface area is 110 Å². The number of carbonyl (C=O) groups excluding carboxylic acids is 1. The highest BCUT2D eigenvalue weighted by Crippen LogP contribution is 2.14. The van der Waals surface area contributed by atoms with Gasteiger partial charge in [0.15, 0.2) is 0 Å². The number of carboxylic acids is 1. The van der Waals surface area contributed by atoms with Crippen LogP contribution < -0.4 is 5.32 Å². The van der Waals surface area contributed by atoms with Gasteiger partial charge in [-0.25, -0.2) is 14.6 Å². The van der Waals surface area contributed by atoms with Crippen molar-refractivity contribution in [3.05, 3.63) is 16.1 Å². The third kappa shape index (κ3) is 2.98. The summed E-state index contributed by atoms with van der Waals surface area (Å²) in [5, 5.41) is 11.7. The molecule has 6 nitrogen and oxygen atoms in total. The van der Waals surface area contributed by atoms with Crippen molar-refractivity contribution in [3.8, 4) is 0 Å². The molecule has 18 heavy (non-hydrogen) atoms. The third-order valence-corrected chi connectivity index (χ3v) is 3.85. The summed E-state index contributed by atoms with van der Waals surface area (Å²) in [7, 11) is 1.46. The van der Waals surface area contributed by atoms with E-state index in [2.05, 4.69) is 10.3 Å². The maximum absolute atomic E-state index is 11.8. The number of hydrogen-bond donors (Lipinski definition) is 2. The van der Waals surface area contributed by atoms with Gasteiger partial charge in [0.2, 0.25) is 0 Å². The molecule has 0 unspecified atom stereocenters. The summed E-state index contributed by atoms with van der Waals surface area (Å²) in [5.74, 6) is -1.05. The fourth-order valence-corrected chi connectivity index (χ4v) is 1.88. The quantitative estimate of drug-likeness (QED) is 0.868. The van der Waals surface area contributed by atoms with Crippen LogP contribution in [0.2, 0.25) is 0 Å². The third-order valence-electron chi connectivity index (χ3n) is 2.91. The van der Waals surface area contributed by atoms with Crippen molar-refractivity contribution < 1.29 is 14.7 Å². The van der Waals surface area contributed by atoms with Gasteiger partial charge < -0.3 is 15.3 Å². The molecule has 0 aliphatic heterocycles. The van der Waals surface area contributed by atoms with Gasteiger partial charge in [-0.3, -0.25) is 0 Å². The summed E-state index contributed by atoms with van der Waals surface area (Å²) in [4.78, 5) is 29.1. The Kier molecular flexibility index (Phi) is 4.28. The second-order valence-corrected chi connectivity index (χ2v) is 5.38. The molecular weight excluding hydrogens is 254 g/mol. The number of rotatable bonds is 4. The van der Waals surface area contributed by atoms with Crippen LogP contribution in [0, 0.1) is 6.92 Å². The molecule has 0 fully saturated rings. The standard InChI is InChI=1S/C11H17N3O3S/c1-7-8(18-6-13-7)5-12-10(17)14(4)11(2,3)9(15)16/h6H,5H2,1-4H3,(H,12,17)(H,15,16). The van der Waals surface area contributed by atoms with Crippen molar-refractivity contribution in [1.29, 1.82) is 0 Å². The summed E-state index contributed by atoms with van der Waals surface area (Å²) < 4.78 is 0. The number of amides is 2. The van der Waals surface area contributed by atoms with Gasteiger partial charge in [-0.2, -0.15) is 0 Å². The van der Waals surface area contributed by atoms with Crippen LogP contribution in [0.5, 0.6) is 0 Å². The second-order valence-electron chi connectivity index (χ2n) is 4.44. The van der Waals surface area contributed by atoms with Crippen LogP contribution in [-0.4, -0.2) is 39.6 Å². The normalized spacial score (nSPS) is 11.1. The van der Waals surface area contributed by atoms with E-state index in [1.165, 1.54) is 37.1 Å². The Morgan fingerprint density at radius 3 is 2.61 bits per heavy atom. The molecule has 0 atom stereocenters. The van der Waals surface area contributed by atoms with Crippen LogP contribution in [0.3, 0.4) is 0 Å². The van der Waals surface area contributed by atoms with Gasteiger partial charge in [-0.15, -0.1) is 11.3 Å². The molecule has 1 heterocycles. The summed E-state index contributed by atoms with van der Waals surface area (Å²) in [6.45, 7) is 5.18. The SMILES string of the molecule is Cc1ncsc1CNC(=O)N(C)C(C)(C)C(=O)O. The maximum Gasteiger partial charge on any atom is 0.329 e. The van der Waals surface area contributed by atoms with Gasteiger partial charge >= 0.3 is 12.0 Å². The fourth-order valence-electron chi connectivity index (χ4n) is 1.17. The van der Waals surface area contributed by atoms with Crippen LogP contribution >= 0.6 is 11.3 Å². The first-order valence-corrected chi connectivity index (χ1v) is 6.28. The predicted octanol–water partition coefficient (Wildman–Crippen LogP) is 1.46. The number of thiazole rings is 1. The van der Waals surface area contributed by atoms with E-state index >= 15 is 0 Å². The topological polar surface area (TPSA) is 82.5 Å². The van der Waals surface area contributed by atoms with E-state index in [0.29, 0.717) is 6.54 Å². The zero-order valence-corrected chi connectivity index (χ0v) is 11.7. The molecule has 0 spiro atoms. The summed E-state index contributed by atoms with van der Waals surface area (Å²) in [6.07, 6.45) is 0. The fraction of sp³-hybridized carbons (Fsp3) is 0.545. The van der Waals surface area contributed by atoms with Crippen LogP contribution in [0.4, 0.5) is 4.79 Å². The molecule has 1 aromatic rings. The lowest BCUT2D eigenvalue weighted by Gasteiger charge is -2.31. The number of likely N-dealkylation sites (N-methyl/N-ethyl adjacent to an activating group) is 1. The number of nitrogens with zero attached hydrogens (tertiary/aromatic N) is 2. The van der Waals surface area contributed by atoms with Gasteiger partial charge in [-0.1, -0.05) is 0 Å². The zero-order chi connectivity index (χ0) is 13.9. The number of urea groups is 1. The van der Waals surface area contributed by atoms with E-state index in [9.17, 15) is 9.59 Å². The first-order valence-electron chi connectivity index (χ1n) is 5.41. The van der Waals surface area contributed by atoms with E-state index in [-0.39, 0.29) is 0 Å². The molecule has 0 radical (unpaired) electrons. The van der Waals surface area contributed by atoms with E-state index < -0.39 is 17.5 Å². The van der Waals surface area contributed by atoms with Crippen LogP contribution in [0.15, 0.2) is 5.51 Å². The van der Waals surface area contributed by atoms with E-state index in [1.54, 1.807) is 5.51 Å². The lowest BCUT2D eigenvalue weighted by molar-refractivity contribution is -0.146. The largest absolute Gasteiger partial charge is 0.480 e. The highest BCUT2D eigenvalue weighted by Gasteiger charge is 2.35. The lowest BCUT2D eigenvalue weighted by atomic mass is 10.1. The minimum atomic E-state index is -1.24. The summed E-state index contributed by atoms with van der Waals surface area (Å²) in [6, 6.07) is -0.421. The second kappa shape index (κ2) is 5.34. The summed E-state index contributed by atoms with van der Waals surface area (Å²) in [5.41, 5.74) is 1.34. The number of aryl methyl sites for hydroxylation is 1. The van der Waals surface area contributed by atoms with E-state index in [1.807, 2.05) is 6.92 Å². The first-order chi connectivity index (χ1) is 8.26. The number of carbonyl (C=O) groups is 2. The molecule has 2 N–H and O–H groups in total. The molecule has 0 aliphatic carbocycles. The van der Waals surface area contributed by atoms with E-state index in [4.69, 9.17) is 5.11 Å². The monoisotopic (exact) mass is 271 g/mol. The Morgan fingerprint density at radius 1 is 1.56 bits per heavy atom. The Morgan fingerprint density at radius 2 is 2.17 bits per heavy atom. The first kappa shape index (κ1) is 14.4. The average molecular weight is 271 g/mol. The number of hydrogen-bond acceptors (Lipinski definition) is 4. The molecule has 2 amide bonds. The smallest absolute Gasteiger partial charge is 0.329 e. The molecule has 0 aliphatic rings. The molecule has 0 saturated heterocycles. The lowest BCUT2D eigenvalue weighted by Crippen LogP contribution is -2.53. The van der Waals surface area contributed by atoms with Gasteiger partial charge in [0.1, 0.15) is 5.54 Å². The Bertz CT molecular complexity index is 456. The Balaban J connectivity index is 2.61. The average Bonchev–Trinajstić information content (AvgIpc) is 2.70. The predicted molar refractivity (Wildman–Crippen MR) is 68.6 cm³/mol. The van der Waals surface area contributed by atoms with Crippen LogP contribution in [-0.2, 0) is 11.3 Å². The van der Waals surface area contributed by atoms with E-state index in [0.717, 1.165) is 10.6 Å². The molecule has 0 bridgehead atoms. The highest BCUT2D eigenvalue weighted by molar-refractivity contribution is 7.09. The summed E-state index contributed by atoms with van der Waals surface area (Å²) >= 11 is 1.46. The molecular formula is C11H17N3O3S. The molecule has 100 valence electrons. The molecule has 7 heteroatoms. The van der Waals surface area contributed by atoms with Crippen LogP contribution in [0.1, 0.15) is 24.4 Å². The maximum atomic E-state index is 11.8. The van der Waals surface area contributed by atoms with Gasteiger partial charge in [0.25, 0.3) is 0 Å². The van der Waals surface area contributed by atoms with Crippen LogP contribution in [0.25, 0.3) is 0 Å². The van der Waals surface area contributed by atoms with Crippen molar-refractivity contribution in [1.82, 2.24) is 15.2 Å². The van der Waals surface area contributed by atoms with Gasteiger partial charge in [-0.05, 0) is 20.8 Å². The molecule has 0 saturated carbocycles. The number of aromatic nitrogens is 1. The number of nitrogens with one attached hydrogen (secondary N) is 1. The minimum Gasteiger partial charge on any atom is -0.480 e. The minimum absolute atomic E-state index is 0.357. The highest BCUT2D eigenvalue weighted by atomic mass is 32.1. The van der Waals surface area contributed by atoms with Crippen molar-refractivity contribution in [2.75, 3.05) is 7.05 Å². The molecule has 1 aromatic heterocycles. The van der Waals surface area contributed by atoms with Gasteiger partial charge in [0.05, 0.1) is 17.7 Å². The molecule has 0 aromatic carbocycles. The zero-order valence-electron chi connectivity index (χ0n) is 10.9. The van der Waals surface area contributed by atoms with Crippen molar-refractivity contribution >= 4 is 23.3 Å². The number of aliphatic carboxylic acids is 1. The van der Waals surface area contributed by atoms with Crippen molar-refractivity contribution in [2.24, 2.45) is 0 Å². The Hall–Kier alpha value is -1.63.